The molecule has 29 heavy (non-hydrogen) atoms. The number of carbonyl (C=O) groups excluding carboxylic acids is 1. The number of rotatable bonds is 6. The van der Waals surface area contributed by atoms with Crippen molar-refractivity contribution in [1.29, 1.82) is 0 Å². The average Bonchev–Trinajstić information content (AvgIpc) is 3.16. The van der Waals surface area contributed by atoms with Gasteiger partial charge in [-0.05, 0) is 55.3 Å². The molecule has 3 aromatic carbocycles. The number of nitrogens with zero attached hydrogens (tertiary/aromatic N) is 1. The van der Waals surface area contributed by atoms with Gasteiger partial charge in [0.25, 0.3) is 5.91 Å². The lowest BCUT2D eigenvalue weighted by molar-refractivity contribution is -0.118. The Balaban J connectivity index is 1.43. The molecule has 0 aliphatic rings. The van der Waals surface area contributed by atoms with Crippen LogP contribution in [0.5, 0.6) is 5.75 Å². The first-order valence-electron chi connectivity index (χ1n) is 9.60. The summed E-state index contributed by atoms with van der Waals surface area (Å²) in [5.74, 6) is 0.999. The molecule has 0 aliphatic carbocycles. The monoisotopic (exact) mass is 386 g/mol. The number of oxazole rings is 1. The number of amides is 1. The largest absolute Gasteiger partial charge is 0.484 e. The lowest BCUT2D eigenvalue weighted by Gasteiger charge is -2.08. The lowest BCUT2D eigenvalue weighted by atomic mass is 10.1. The van der Waals surface area contributed by atoms with Gasteiger partial charge in [0, 0.05) is 17.3 Å². The topological polar surface area (TPSA) is 64.4 Å². The average molecular weight is 386 g/mol. The van der Waals surface area contributed by atoms with Gasteiger partial charge in [0.1, 0.15) is 11.3 Å². The normalized spacial score (nSPS) is 10.8. The lowest BCUT2D eigenvalue weighted by Crippen LogP contribution is -2.20. The Morgan fingerprint density at radius 1 is 1.07 bits per heavy atom. The molecular weight excluding hydrogens is 364 g/mol. The summed E-state index contributed by atoms with van der Waals surface area (Å²) >= 11 is 0. The van der Waals surface area contributed by atoms with Crippen LogP contribution < -0.4 is 10.1 Å². The van der Waals surface area contributed by atoms with Gasteiger partial charge in [0.15, 0.2) is 12.2 Å². The van der Waals surface area contributed by atoms with Crippen molar-refractivity contribution in [3.05, 3.63) is 77.9 Å². The molecular formula is C24H22N2O3. The van der Waals surface area contributed by atoms with Gasteiger partial charge in [-0.15, -0.1) is 0 Å². The SMILES string of the molecule is CCc1ccc(OCC(=O)Nc2ccc3nc(-c4cccc(C)c4)oc3c2)cc1. The molecule has 0 bridgehead atoms. The Morgan fingerprint density at radius 3 is 2.66 bits per heavy atom. The van der Waals surface area contributed by atoms with Crippen molar-refractivity contribution in [2.75, 3.05) is 11.9 Å². The first-order valence-corrected chi connectivity index (χ1v) is 9.60. The molecule has 1 aromatic heterocycles. The molecule has 0 unspecified atom stereocenters. The molecule has 146 valence electrons. The zero-order chi connectivity index (χ0) is 20.2. The molecule has 0 saturated heterocycles. The van der Waals surface area contributed by atoms with Gasteiger partial charge in [0.2, 0.25) is 5.89 Å². The number of carbonyl (C=O) groups is 1. The second-order valence-corrected chi connectivity index (χ2v) is 6.91. The molecule has 1 amide bonds. The van der Waals surface area contributed by atoms with E-state index < -0.39 is 0 Å². The number of aryl methyl sites for hydroxylation is 2. The molecule has 5 nitrogen and oxygen atoms in total. The quantitative estimate of drug-likeness (QED) is 0.483. The maximum Gasteiger partial charge on any atom is 0.262 e. The van der Waals surface area contributed by atoms with Gasteiger partial charge in [-0.25, -0.2) is 4.98 Å². The minimum atomic E-state index is -0.234. The van der Waals surface area contributed by atoms with Gasteiger partial charge >= 0.3 is 0 Å². The summed E-state index contributed by atoms with van der Waals surface area (Å²) in [6, 6.07) is 21.1. The van der Waals surface area contributed by atoms with E-state index >= 15 is 0 Å². The summed E-state index contributed by atoms with van der Waals surface area (Å²) in [7, 11) is 0. The van der Waals surface area contributed by atoms with E-state index in [0.717, 1.165) is 23.1 Å². The van der Waals surface area contributed by atoms with E-state index in [1.54, 1.807) is 12.1 Å². The van der Waals surface area contributed by atoms with Crippen LogP contribution in [0.25, 0.3) is 22.6 Å². The van der Waals surface area contributed by atoms with Crippen LogP contribution >= 0.6 is 0 Å². The van der Waals surface area contributed by atoms with E-state index in [0.29, 0.717) is 22.9 Å². The molecule has 4 aromatic rings. The van der Waals surface area contributed by atoms with Crippen molar-refractivity contribution in [3.63, 3.8) is 0 Å². The minimum Gasteiger partial charge on any atom is -0.484 e. The molecule has 0 fully saturated rings. The Bertz CT molecular complexity index is 1150. The van der Waals surface area contributed by atoms with E-state index in [9.17, 15) is 4.79 Å². The predicted octanol–water partition coefficient (Wildman–Crippen LogP) is 5.38. The molecule has 1 N–H and O–H groups in total. The number of hydrogen-bond acceptors (Lipinski definition) is 4. The number of benzene rings is 3. The Hall–Kier alpha value is -3.60. The number of nitrogens with one attached hydrogen (secondary N) is 1. The molecule has 5 heteroatoms. The third kappa shape index (κ3) is 4.46. The van der Waals surface area contributed by atoms with Crippen molar-refractivity contribution in [1.82, 2.24) is 4.98 Å². The highest BCUT2D eigenvalue weighted by Crippen LogP contribution is 2.26. The van der Waals surface area contributed by atoms with Crippen LogP contribution in [0, 0.1) is 6.92 Å². The van der Waals surface area contributed by atoms with Crippen LogP contribution in [0.4, 0.5) is 5.69 Å². The summed E-state index contributed by atoms with van der Waals surface area (Å²) in [4.78, 5) is 16.8. The van der Waals surface area contributed by atoms with Crippen LogP contribution in [-0.2, 0) is 11.2 Å². The Morgan fingerprint density at radius 2 is 1.90 bits per heavy atom. The van der Waals surface area contributed by atoms with Crippen molar-refractivity contribution in [3.8, 4) is 17.2 Å². The fraction of sp³-hybridized carbons (Fsp3) is 0.167. The summed E-state index contributed by atoms with van der Waals surface area (Å²) in [5, 5.41) is 2.83. The zero-order valence-electron chi connectivity index (χ0n) is 16.4. The van der Waals surface area contributed by atoms with Gasteiger partial charge in [0.05, 0.1) is 0 Å². The second-order valence-electron chi connectivity index (χ2n) is 6.91. The predicted molar refractivity (Wildman–Crippen MR) is 114 cm³/mol. The molecule has 0 radical (unpaired) electrons. The fourth-order valence-corrected chi connectivity index (χ4v) is 3.07. The maximum absolute atomic E-state index is 12.2. The van der Waals surface area contributed by atoms with Gasteiger partial charge in [-0.1, -0.05) is 36.8 Å². The van der Waals surface area contributed by atoms with Crippen LogP contribution in [0.1, 0.15) is 18.1 Å². The van der Waals surface area contributed by atoms with Crippen molar-refractivity contribution >= 4 is 22.7 Å². The Labute approximate surface area is 169 Å². The summed E-state index contributed by atoms with van der Waals surface area (Å²) in [6.45, 7) is 4.06. The Kier molecular flexibility index (Phi) is 5.29. The number of hydrogen-bond donors (Lipinski definition) is 1. The van der Waals surface area contributed by atoms with Crippen molar-refractivity contribution in [2.24, 2.45) is 0 Å². The number of ether oxygens (including phenoxy) is 1. The highest BCUT2D eigenvalue weighted by molar-refractivity contribution is 5.93. The number of aromatic nitrogens is 1. The van der Waals surface area contributed by atoms with Crippen LogP contribution in [0.15, 0.2) is 71.1 Å². The highest BCUT2D eigenvalue weighted by atomic mass is 16.5. The van der Waals surface area contributed by atoms with Gasteiger partial charge in [-0.2, -0.15) is 0 Å². The zero-order valence-corrected chi connectivity index (χ0v) is 16.4. The molecule has 0 atom stereocenters. The van der Waals surface area contributed by atoms with Crippen LogP contribution in [-0.4, -0.2) is 17.5 Å². The molecule has 0 spiro atoms. The summed E-state index contributed by atoms with van der Waals surface area (Å²) < 4.78 is 11.4. The van der Waals surface area contributed by atoms with E-state index in [1.165, 1.54) is 5.56 Å². The molecule has 1 heterocycles. The van der Waals surface area contributed by atoms with E-state index in [1.807, 2.05) is 61.5 Å². The van der Waals surface area contributed by atoms with Crippen LogP contribution in [0.3, 0.4) is 0 Å². The molecule has 4 rings (SSSR count). The number of fused-ring (bicyclic) bond motifs is 1. The highest BCUT2D eigenvalue weighted by Gasteiger charge is 2.10. The van der Waals surface area contributed by atoms with Gasteiger partial charge in [-0.3, -0.25) is 4.79 Å². The van der Waals surface area contributed by atoms with E-state index in [2.05, 4.69) is 17.2 Å². The van der Waals surface area contributed by atoms with Gasteiger partial charge < -0.3 is 14.5 Å². The van der Waals surface area contributed by atoms with Crippen LogP contribution in [0.2, 0.25) is 0 Å². The van der Waals surface area contributed by atoms with E-state index in [4.69, 9.17) is 9.15 Å². The summed E-state index contributed by atoms with van der Waals surface area (Å²) in [5.41, 5.74) is 5.30. The van der Waals surface area contributed by atoms with Crippen molar-refractivity contribution in [2.45, 2.75) is 20.3 Å². The fourth-order valence-electron chi connectivity index (χ4n) is 3.07. The first-order chi connectivity index (χ1) is 14.1. The minimum absolute atomic E-state index is 0.0611. The third-order valence-corrected chi connectivity index (χ3v) is 4.64. The second kappa shape index (κ2) is 8.19. The number of anilines is 1. The van der Waals surface area contributed by atoms with E-state index in [-0.39, 0.29) is 12.5 Å². The first kappa shape index (κ1) is 18.7. The summed E-state index contributed by atoms with van der Waals surface area (Å²) in [6.07, 6.45) is 0.969. The smallest absolute Gasteiger partial charge is 0.262 e. The third-order valence-electron chi connectivity index (χ3n) is 4.64. The molecule has 0 saturated carbocycles. The standard InChI is InChI=1S/C24H22N2O3/c1-3-17-7-10-20(11-8-17)28-15-23(27)25-19-9-12-21-22(14-19)29-24(26-21)18-6-4-5-16(2)13-18/h4-14H,3,15H2,1-2H3,(H,25,27). The van der Waals surface area contributed by atoms with Crippen molar-refractivity contribution < 1.29 is 13.9 Å². The maximum atomic E-state index is 12.2. The molecule has 0 aliphatic heterocycles.